The minimum Gasteiger partial charge on any atom is -0.382 e. The molecule has 0 amide bonds. The Morgan fingerprint density at radius 2 is 2.00 bits per heavy atom. The molecule has 2 fully saturated rings. The van der Waals surface area contributed by atoms with E-state index in [1.54, 1.807) is 6.20 Å². The molecule has 0 radical (unpaired) electrons. The van der Waals surface area contributed by atoms with E-state index in [9.17, 15) is 0 Å². The van der Waals surface area contributed by atoms with E-state index < -0.39 is 0 Å². The van der Waals surface area contributed by atoms with Gasteiger partial charge in [-0.05, 0) is 44.4 Å². The standard InChI is InChI=1S/C16H24N6/c17-12-3-5-13(6-4-12)20-15-9-14(19-10-11-1-2-11)16-18-7-8-22(16)21-15/h7-9,11-13,19H,1-6,10,17H2,(H,20,21)/t12-,13-. The fourth-order valence-corrected chi connectivity index (χ4v) is 3.17. The first-order chi connectivity index (χ1) is 10.8. The molecule has 2 saturated carbocycles. The number of nitrogens with two attached hydrogens (primary N) is 1. The Hall–Kier alpha value is -1.82. The lowest BCUT2D eigenvalue weighted by molar-refractivity contribution is 0.410. The Morgan fingerprint density at radius 3 is 2.77 bits per heavy atom. The molecule has 0 aliphatic heterocycles. The second-order valence-corrected chi connectivity index (χ2v) is 6.72. The van der Waals surface area contributed by atoms with Gasteiger partial charge >= 0.3 is 0 Å². The van der Waals surface area contributed by atoms with Crippen LogP contribution < -0.4 is 16.4 Å². The van der Waals surface area contributed by atoms with Crippen LogP contribution in [-0.4, -0.2) is 33.2 Å². The van der Waals surface area contributed by atoms with Crippen molar-refractivity contribution in [3.05, 3.63) is 18.5 Å². The van der Waals surface area contributed by atoms with Gasteiger partial charge in [0.15, 0.2) is 5.65 Å². The van der Waals surface area contributed by atoms with Crippen LogP contribution in [0.4, 0.5) is 11.5 Å². The van der Waals surface area contributed by atoms with Gasteiger partial charge in [0.2, 0.25) is 0 Å². The number of nitrogens with zero attached hydrogens (tertiary/aromatic N) is 3. The van der Waals surface area contributed by atoms with Crippen molar-refractivity contribution in [1.82, 2.24) is 14.6 Å². The molecule has 4 N–H and O–H groups in total. The summed E-state index contributed by atoms with van der Waals surface area (Å²) in [6.07, 6.45) is 10.8. The smallest absolute Gasteiger partial charge is 0.177 e. The monoisotopic (exact) mass is 300 g/mol. The first-order valence-electron chi connectivity index (χ1n) is 8.38. The molecule has 0 unspecified atom stereocenters. The van der Waals surface area contributed by atoms with E-state index >= 15 is 0 Å². The van der Waals surface area contributed by atoms with Crippen molar-refractivity contribution in [2.45, 2.75) is 50.6 Å². The molecule has 2 aromatic heterocycles. The summed E-state index contributed by atoms with van der Waals surface area (Å²) in [7, 11) is 0. The second-order valence-electron chi connectivity index (χ2n) is 6.72. The van der Waals surface area contributed by atoms with Crippen LogP contribution in [0.15, 0.2) is 18.5 Å². The number of anilines is 2. The Kier molecular flexibility index (Phi) is 3.62. The quantitative estimate of drug-likeness (QED) is 0.789. The van der Waals surface area contributed by atoms with Gasteiger partial charge in [0.1, 0.15) is 5.82 Å². The van der Waals surface area contributed by atoms with Crippen molar-refractivity contribution in [2.24, 2.45) is 11.7 Å². The Morgan fingerprint density at radius 1 is 1.18 bits per heavy atom. The highest BCUT2D eigenvalue weighted by atomic mass is 15.3. The third-order valence-electron chi connectivity index (χ3n) is 4.76. The number of rotatable bonds is 5. The van der Waals surface area contributed by atoms with Gasteiger partial charge in [-0.2, -0.15) is 0 Å². The third-order valence-corrected chi connectivity index (χ3v) is 4.76. The molecule has 0 bridgehead atoms. The fraction of sp³-hybridized carbons (Fsp3) is 0.625. The lowest BCUT2D eigenvalue weighted by Gasteiger charge is -2.27. The summed E-state index contributed by atoms with van der Waals surface area (Å²) in [6, 6.07) is 2.95. The highest BCUT2D eigenvalue weighted by molar-refractivity contribution is 5.70. The zero-order chi connectivity index (χ0) is 14.9. The van der Waals surface area contributed by atoms with Gasteiger partial charge in [-0.3, -0.25) is 0 Å². The first kappa shape index (κ1) is 13.8. The van der Waals surface area contributed by atoms with Gasteiger partial charge in [-0.25, -0.2) is 9.50 Å². The minimum absolute atomic E-state index is 0.373. The molecule has 2 aliphatic carbocycles. The van der Waals surface area contributed by atoms with E-state index in [0.29, 0.717) is 12.1 Å². The SMILES string of the molecule is N[C@H]1CC[C@H](Nc2cc(NCC3CC3)c3nccn3n2)CC1. The summed E-state index contributed by atoms with van der Waals surface area (Å²) in [6.45, 7) is 1.03. The molecule has 6 nitrogen and oxygen atoms in total. The van der Waals surface area contributed by atoms with Crippen LogP contribution in [0.3, 0.4) is 0 Å². The summed E-state index contributed by atoms with van der Waals surface area (Å²) in [4.78, 5) is 4.41. The first-order valence-corrected chi connectivity index (χ1v) is 8.38. The van der Waals surface area contributed by atoms with Crippen LogP contribution in [0.1, 0.15) is 38.5 Å². The molecule has 118 valence electrons. The van der Waals surface area contributed by atoms with Gasteiger partial charge in [0.05, 0.1) is 5.69 Å². The number of aromatic nitrogens is 3. The zero-order valence-corrected chi connectivity index (χ0v) is 12.8. The minimum atomic E-state index is 0.373. The van der Waals surface area contributed by atoms with E-state index in [2.05, 4.69) is 26.8 Å². The van der Waals surface area contributed by atoms with E-state index in [1.165, 1.54) is 12.8 Å². The van der Waals surface area contributed by atoms with Crippen molar-refractivity contribution in [2.75, 3.05) is 17.2 Å². The van der Waals surface area contributed by atoms with Crippen LogP contribution in [0, 0.1) is 5.92 Å². The molecule has 4 rings (SSSR count). The van der Waals surface area contributed by atoms with E-state index in [1.807, 2.05) is 10.7 Å². The lowest BCUT2D eigenvalue weighted by atomic mass is 9.92. The highest BCUT2D eigenvalue weighted by Gasteiger charge is 2.22. The number of imidazole rings is 1. The van der Waals surface area contributed by atoms with Crippen LogP contribution in [0.5, 0.6) is 0 Å². The maximum absolute atomic E-state index is 5.98. The molecule has 6 heteroatoms. The van der Waals surface area contributed by atoms with Crippen molar-refractivity contribution in [1.29, 1.82) is 0 Å². The van der Waals surface area contributed by atoms with Gasteiger partial charge in [0, 0.05) is 37.1 Å². The average molecular weight is 300 g/mol. The molecular formula is C16H24N6. The molecule has 0 spiro atoms. The van der Waals surface area contributed by atoms with Crippen molar-refractivity contribution >= 4 is 17.2 Å². The van der Waals surface area contributed by atoms with Gasteiger partial charge in [-0.15, -0.1) is 5.10 Å². The molecule has 22 heavy (non-hydrogen) atoms. The predicted molar refractivity (Wildman–Crippen MR) is 88.1 cm³/mol. The van der Waals surface area contributed by atoms with Gasteiger partial charge in [0.25, 0.3) is 0 Å². The lowest BCUT2D eigenvalue weighted by Crippen LogP contribution is -2.33. The maximum Gasteiger partial charge on any atom is 0.177 e. The number of nitrogens with one attached hydrogen (secondary N) is 2. The zero-order valence-electron chi connectivity index (χ0n) is 12.8. The van der Waals surface area contributed by atoms with Crippen LogP contribution in [0.2, 0.25) is 0 Å². The van der Waals surface area contributed by atoms with Crippen LogP contribution in [-0.2, 0) is 0 Å². The van der Waals surface area contributed by atoms with Crippen molar-refractivity contribution < 1.29 is 0 Å². The summed E-state index contributed by atoms with van der Waals surface area (Å²) in [5.74, 6) is 1.75. The maximum atomic E-state index is 5.98. The topological polar surface area (TPSA) is 80.3 Å². The van der Waals surface area contributed by atoms with E-state index in [0.717, 1.165) is 55.3 Å². The fourth-order valence-electron chi connectivity index (χ4n) is 3.17. The van der Waals surface area contributed by atoms with Crippen LogP contribution in [0.25, 0.3) is 5.65 Å². The Labute approximate surface area is 130 Å². The summed E-state index contributed by atoms with van der Waals surface area (Å²) in [5, 5.41) is 11.7. The number of hydrogen-bond donors (Lipinski definition) is 3. The van der Waals surface area contributed by atoms with Crippen molar-refractivity contribution in [3.8, 4) is 0 Å². The third kappa shape index (κ3) is 3.02. The predicted octanol–water partition coefficient (Wildman–Crippen LogP) is 2.23. The van der Waals surface area contributed by atoms with Crippen LogP contribution >= 0.6 is 0 Å². The normalized spacial score (nSPS) is 25.3. The van der Waals surface area contributed by atoms with E-state index in [4.69, 9.17) is 5.73 Å². The van der Waals surface area contributed by atoms with Crippen molar-refractivity contribution in [3.63, 3.8) is 0 Å². The molecule has 0 saturated heterocycles. The summed E-state index contributed by atoms with van der Waals surface area (Å²) in [5.41, 5.74) is 7.95. The molecular weight excluding hydrogens is 276 g/mol. The largest absolute Gasteiger partial charge is 0.382 e. The summed E-state index contributed by atoms with van der Waals surface area (Å²) < 4.78 is 1.85. The molecule has 2 aliphatic rings. The Bertz CT molecular complexity index is 639. The second kappa shape index (κ2) is 5.76. The van der Waals surface area contributed by atoms with E-state index in [-0.39, 0.29) is 0 Å². The number of fused-ring (bicyclic) bond motifs is 1. The average Bonchev–Trinajstić information content (AvgIpc) is 3.23. The molecule has 2 heterocycles. The summed E-state index contributed by atoms with van der Waals surface area (Å²) >= 11 is 0. The molecule has 2 aromatic rings. The molecule has 0 aromatic carbocycles. The van der Waals surface area contributed by atoms with Gasteiger partial charge in [-0.1, -0.05) is 0 Å². The Balaban J connectivity index is 1.52. The highest BCUT2D eigenvalue weighted by Crippen LogP contribution is 2.30. The number of hydrogen-bond acceptors (Lipinski definition) is 5. The van der Waals surface area contributed by atoms with Gasteiger partial charge < -0.3 is 16.4 Å². The molecule has 0 atom stereocenters.